The third-order valence-corrected chi connectivity index (χ3v) is 5.65. The predicted molar refractivity (Wildman–Crippen MR) is 143 cm³/mol. The molecule has 3 aromatic carbocycles. The first-order valence-corrected chi connectivity index (χ1v) is 13.7. The number of hydrazone groups is 2. The number of nitrogens with zero attached hydrogens (tertiary/aromatic N) is 2. The van der Waals surface area contributed by atoms with Crippen LogP contribution in [0.4, 0.5) is 5.69 Å². The van der Waals surface area contributed by atoms with Crippen LogP contribution in [0.2, 0.25) is 0 Å². The molecule has 0 saturated carbocycles. The van der Waals surface area contributed by atoms with Crippen LogP contribution in [0.3, 0.4) is 0 Å². The second kappa shape index (κ2) is 14.3. The molecule has 1 amide bonds. The Balaban J connectivity index is 0.000000784. The zero-order chi connectivity index (χ0) is 25.7. The van der Waals surface area contributed by atoms with Crippen molar-refractivity contribution in [1.29, 1.82) is 0 Å². The molecule has 0 heterocycles. The van der Waals surface area contributed by atoms with Gasteiger partial charge >= 0.3 is 10.4 Å². The predicted octanol–water partition coefficient (Wildman–Crippen LogP) is 4.69. The highest BCUT2D eigenvalue weighted by Gasteiger charge is 2.03. The maximum Gasteiger partial charge on any atom is 0.394 e. The third kappa shape index (κ3) is 11.7. The first-order valence-electron chi connectivity index (χ1n) is 9.88. The van der Waals surface area contributed by atoms with E-state index in [1.54, 1.807) is 60.2 Å². The molecule has 4 N–H and O–H groups in total. The van der Waals surface area contributed by atoms with E-state index in [2.05, 4.69) is 33.2 Å². The average Bonchev–Trinajstić information content (AvgIpc) is 2.84. The van der Waals surface area contributed by atoms with Crippen LogP contribution in [-0.2, 0) is 10.4 Å². The van der Waals surface area contributed by atoms with Crippen molar-refractivity contribution in [2.24, 2.45) is 10.2 Å². The number of nitrogens with one attached hydrogen (secondary N) is 2. The van der Waals surface area contributed by atoms with E-state index in [1.807, 2.05) is 48.9 Å². The standard InChI is InChI=1S/C23H22N4OS2.H2O4S/c1-29-21-11-3-17(4-12-21)15-24-26-20-9-7-19(8-10-20)23(28)27-25-16-18-5-13-22(30-2)14-6-18;1-5(2,3)4/h3-16,26H,1-2H3,(H,27,28);(H2,1,2,3,4)/b24-15+,25-16+;. The van der Waals surface area contributed by atoms with E-state index in [1.165, 1.54) is 9.79 Å². The molecule has 3 rings (SSSR count). The smallest absolute Gasteiger partial charge is 0.279 e. The van der Waals surface area contributed by atoms with Gasteiger partial charge in [0.15, 0.2) is 0 Å². The van der Waals surface area contributed by atoms with Crippen molar-refractivity contribution in [2.75, 3.05) is 17.9 Å². The van der Waals surface area contributed by atoms with Crippen LogP contribution >= 0.6 is 23.5 Å². The second-order valence-corrected chi connectivity index (χ2v) is 9.30. The van der Waals surface area contributed by atoms with E-state index in [-0.39, 0.29) is 5.91 Å². The van der Waals surface area contributed by atoms with Gasteiger partial charge in [0.2, 0.25) is 0 Å². The molecule has 0 atom stereocenters. The number of carbonyl (C=O) groups is 1. The summed E-state index contributed by atoms with van der Waals surface area (Å²) < 4.78 is 31.6. The highest BCUT2D eigenvalue weighted by atomic mass is 32.3. The van der Waals surface area contributed by atoms with Gasteiger partial charge in [-0.15, -0.1) is 23.5 Å². The summed E-state index contributed by atoms with van der Waals surface area (Å²) in [6.07, 6.45) is 7.45. The molecule has 12 heteroatoms. The molecule has 3 aromatic rings. The minimum Gasteiger partial charge on any atom is -0.279 e. The topological polar surface area (TPSA) is 140 Å². The monoisotopic (exact) mass is 532 g/mol. The minimum absolute atomic E-state index is 0.268. The second-order valence-electron chi connectivity index (χ2n) is 6.64. The molecule has 0 aliphatic rings. The number of carbonyl (C=O) groups excluding carboxylic acids is 1. The highest BCUT2D eigenvalue weighted by Crippen LogP contribution is 2.15. The van der Waals surface area contributed by atoms with Crippen molar-refractivity contribution >= 4 is 57.9 Å². The minimum atomic E-state index is -4.67. The first kappa shape index (κ1) is 28.1. The molecule has 0 aromatic heterocycles. The molecule has 0 aliphatic heterocycles. The van der Waals surface area contributed by atoms with Gasteiger partial charge in [0.25, 0.3) is 5.91 Å². The van der Waals surface area contributed by atoms with Crippen LogP contribution in [-0.4, -0.2) is 48.4 Å². The Morgan fingerprint density at radius 3 is 1.63 bits per heavy atom. The molecule has 0 saturated heterocycles. The van der Waals surface area contributed by atoms with E-state index in [0.717, 1.165) is 16.8 Å². The van der Waals surface area contributed by atoms with Gasteiger partial charge in [-0.1, -0.05) is 24.3 Å². The molecule has 9 nitrogen and oxygen atoms in total. The molecule has 0 fully saturated rings. The number of benzene rings is 3. The van der Waals surface area contributed by atoms with Gasteiger partial charge in [0.05, 0.1) is 18.1 Å². The maximum absolute atomic E-state index is 12.2. The number of thioether (sulfide) groups is 2. The zero-order valence-electron chi connectivity index (χ0n) is 18.8. The summed E-state index contributed by atoms with van der Waals surface area (Å²) in [5.41, 5.74) is 8.76. The van der Waals surface area contributed by atoms with Gasteiger partial charge in [-0.25, -0.2) is 5.43 Å². The summed E-state index contributed by atoms with van der Waals surface area (Å²) in [5.74, 6) is -0.268. The van der Waals surface area contributed by atoms with Gasteiger partial charge in [-0.2, -0.15) is 18.6 Å². The van der Waals surface area contributed by atoms with Crippen molar-refractivity contribution in [2.45, 2.75) is 9.79 Å². The lowest BCUT2D eigenvalue weighted by Crippen LogP contribution is -2.17. The van der Waals surface area contributed by atoms with Gasteiger partial charge in [-0.05, 0) is 72.2 Å². The molecule has 0 aliphatic carbocycles. The summed E-state index contributed by atoms with van der Waals surface area (Å²) >= 11 is 3.39. The molecule has 0 radical (unpaired) electrons. The number of anilines is 1. The van der Waals surface area contributed by atoms with Gasteiger partial charge < -0.3 is 0 Å². The van der Waals surface area contributed by atoms with Gasteiger partial charge in [0.1, 0.15) is 0 Å². The molecular weight excluding hydrogens is 508 g/mol. The van der Waals surface area contributed by atoms with E-state index < -0.39 is 10.4 Å². The Hall–Kier alpha value is -3.16. The SMILES string of the molecule is CSc1ccc(/C=N/NC(=O)c2ccc(N/N=C/c3ccc(SC)cc3)cc2)cc1.O=S(=O)(O)O. The maximum atomic E-state index is 12.2. The third-order valence-electron chi connectivity index (χ3n) is 4.17. The normalized spacial score (nSPS) is 11.2. The fourth-order valence-corrected chi connectivity index (χ4v) is 3.30. The Morgan fingerprint density at radius 1 is 0.771 bits per heavy atom. The molecule has 0 unspecified atom stereocenters. The molecule has 35 heavy (non-hydrogen) atoms. The quantitative estimate of drug-likeness (QED) is 0.142. The number of hydrogen-bond acceptors (Lipinski definition) is 8. The van der Waals surface area contributed by atoms with Crippen molar-refractivity contribution in [3.05, 3.63) is 89.5 Å². The molecule has 0 bridgehead atoms. The van der Waals surface area contributed by atoms with Crippen molar-refractivity contribution in [1.82, 2.24) is 5.43 Å². The van der Waals surface area contributed by atoms with Crippen LogP contribution in [0.25, 0.3) is 0 Å². The lowest BCUT2D eigenvalue weighted by molar-refractivity contribution is 0.0955. The van der Waals surface area contributed by atoms with Crippen molar-refractivity contribution in [3.8, 4) is 0 Å². The first-order chi connectivity index (χ1) is 16.7. The Labute approximate surface area is 212 Å². The fourth-order valence-electron chi connectivity index (χ4n) is 2.49. The molecular formula is C23H24N4O5S3. The van der Waals surface area contributed by atoms with E-state index in [4.69, 9.17) is 17.5 Å². The summed E-state index contributed by atoms with van der Waals surface area (Å²) in [6.45, 7) is 0. The number of rotatable bonds is 8. The fraction of sp³-hybridized carbons (Fsp3) is 0.0870. The molecule has 184 valence electrons. The van der Waals surface area contributed by atoms with E-state index >= 15 is 0 Å². The Bertz CT molecular complexity index is 1240. The summed E-state index contributed by atoms with van der Waals surface area (Å²) in [6, 6.07) is 23.1. The number of hydrogen-bond donors (Lipinski definition) is 4. The van der Waals surface area contributed by atoms with E-state index in [9.17, 15) is 4.79 Å². The highest BCUT2D eigenvalue weighted by molar-refractivity contribution is 7.98. The lowest BCUT2D eigenvalue weighted by Gasteiger charge is -2.03. The summed E-state index contributed by atoms with van der Waals surface area (Å²) in [7, 11) is -4.67. The zero-order valence-corrected chi connectivity index (χ0v) is 21.3. The van der Waals surface area contributed by atoms with Crippen LogP contribution in [0, 0.1) is 0 Å². The number of amides is 1. The Kier molecular flexibility index (Phi) is 11.5. The van der Waals surface area contributed by atoms with Gasteiger partial charge in [-0.3, -0.25) is 19.3 Å². The van der Waals surface area contributed by atoms with Crippen molar-refractivity contribution in [3.63, 3.8) is 0 Å². The van der Waals surface area contributed by atoms with Crippen LogP contribution < -0.4 is 10.9 Å². The largest absolute Gasteiger partial charge is 0.394 e. The summed E-state index contributed by atoms with van der Waals surface area (Å²) in [5, 5.41) is 8.25. The van der Waals surface area contributed by atoms with Crippen LogP contribution in [0.15, 0.2) is 92.8 Å². The lowest BCUT2D eigenvalue weighted by atomic mass is 10.2. The van der Waals surface area contributed by atoms with Crippen molar-refractivity contribution < 1.29 is 22.3 Å². The van der Waals surface area contributed by atoms with Crippen LogP contribution in [0.5, 0.6) is 0 Å². The van der Waals surface area contributed by atoms with Crippen LogP contribution in [0.1, 0.15) is 21.5 Å². The average molecular weight is 533 g/mol. The summed E-state index contributed by atoms with van der Waals surface area (Å²) in [4.78, 5) is 14.6. The molecule has 0 spiro atoms. The Morgan fingerprint density at radius 2 is 1.20 bits per heavy atom. The van der Waals surface area contributed by atoms with E-state index in [0.29, 0.717) is 5.56 Å². The van der Waals surface area contributed by atoms with Gasteiger partial charge in [0, 0.05) is 15.4 Å².